The molecular formula is C20H18FN5O2. The molecule has 0 spiro atoms. The lowest BCUT2D eigenvalue weighted by Gasteiger charge is -2.12. The summed E-state index contributed by atoms with van der Waals surface area (Å²) in [5, 5.41) is 12.5. The highest BCUT2D eigenvalue weighted by atomic mass is 19.1. The SMILES string of the molecule is COc1ccc(CNc2nc(N)c(C#N)c(-c3ccc(F)cc3)n2)cc1OC. The predicted octanol–water partition coefficient (Wildman–Crippen LogP) is 3.37. The number of anilines is 2. The quantitative estimate of drug-likeness (QED) is 0.676. The van der Waals surface area contributed by atoms with Gasteiger partial charge >= 0.3 is 0 Å². The number of nitrogens with zero attached hydrogens (tertiary/aromatic N) is 3. The van der Waals surface area contributed by atoms with Gasteiger partial charge in [0.1, 0.15) is 23.3 Å². The summed E-state index contributed by atoms with van der Waals surface area (Å²) in [4.78, 5) is 8.53. The largest absolute Gasteiger partial charge is 0.493 e. The highest BCUT2D eigenvalue weighted by molar-refractivity contribution is 5.73. The topological polar surface area (TPSA) is 106 Å². The summed E-state index contributed by atoms with van der Waals surface area (Å²) in [6.07, 6.45) is 0. The number of hydrogen-bond acceptors (Lipinski definition) is 7. The number of halogens is 1. The summed E-state index contributed by atoms with van der Waals surface area (Å²) >= 11 is 0. The normalized spacial score (nSPS) is 10.2. The molecule has 0 radical (unpaired) electrons. The van der Waals surface area contributed by atoms with Crippen LogP contribution in [0.2, 0.25) is 0 Å². The number of aromatic nitrogens is 2. The van der Waals surface area contributed by atoms with Crippen molar-refractivity contribution in [1.29, 1.82) is 5.26 Å². The number of methoxy groups -OCH3 is 2. The average molecular weight is 379 g/mol. The average Bonchev–Trinajstić information content (AvgIpc) is 2.72. The van der Waals surface area contributed by atoms with Gasteiger partial charge in [0.2, 0.25) is 5.95 Å². The van der Waals surface area contributed by atoms with Crippen molar-refractivity contribution >= 4 is 11.8 Å². The van der Waals surface area contributed by atoms with Gasteiger partial charge in [-0.05, 0) is 42.0 Å². The molecule has 0 aliphatic carbocycles. The van der Waals surface area contributed by atoms with E-state index in [9.17, 15) is 9.65 Å². The molecule has 3 aromatic rings. The monoisotopic (exact) mass is 379 g/mol. The molecule has 3 N–H and O–H groups in total. The van der Waals surface area contributed by atoms with Crippen LogP contribution in [0, 0.1) is 17.1 Å². The van der Waals surface area contributed by atoms with Crippen molar-refractivity contribution in [2.45, 2.75) is 6.54 Å². The number of nitriles is 1. The van der Waals surface area contributed by atoms with Gasteiger partial charge in [-0.25, -0.2) is 9.37 Å². The Morgan fingerprint density at radius 1 is 1.07 bits per heavy atom. The summed E-state index contributed by atoms with van der Waals surface area (Å²) in [7, 11) is 3.13. The van der Waals surface area contributed by atoms with E-state index in [4.69, 9.17) is 15.2 Å². The Bertz CT molecular complexity index is 1030. The molecule has 0 amide bonds. The van der Waals surface area contributed by atoms with Gasteiger partial charge in [-0.3, -0.25) is 0 Å². The van der Waals surface area contributed by atoms with Crippen molar-refractivity contribution in [3.63, 3.8) is 0 Å². The summed E-state index contributed by atoms with van der Waals surface area (Å²) in [6, 6.07) is 13.2. The Morgan fingerprint density at radius 3 is 2.43 bits per heavy atom. The zero-order valence-corrected chi connectivity index (χ0v) is 15.4. The fourth-order valence-corrected chi connectivity index (χ4v) is 2.66. The highest BCUT2D eigenvalue weighted by Gasteiger charge is 2.14. The molecular weight excluding hydrogens is 361 g/mol. The maximum atomic E-state index is 13.2. The van der Waals surface area contributed by atoms with Crippen LogP contribution in [0.25, 0.3) is 11.3 Å². The fraction of sp³-hybridized carbons (Fsp3) is 0.150. The van der Waals surface area contributed by atoms with Crippen molar-refractivity contribution in [3.8, 4) is 28.8 Å². The summed E-state index contributed by atoms with van der Waals surface area (Å²) in [6.45, 7) is 0.397. The van der Waals surface area contributed by atoms with E-state index in [-0.39, 0.29) is 23.1 Å². The van der Waals surface area contributed by atoms with Crippen LogP contribution in [0.3, 0.4) is 0 Å². The van der Waals surface area contributed by atoms with Crippen LogP contribution in [0.4, 0.5) is 16.2 Å². The molecule has 0 aliphatic rings. The van der Waals surface area contributed by atoms with E-state index >= 15 is 0 Å². The van der Waals surface area contributed by atoms with E-state index < -0.39 is 0 Å². The standard InChI is InChI=1S/C20H18FN5O2/c1-27-16-8-3-12(9-17(16)28-2)11-24-20-25-18(15(10-22)19(23)26-20)13-4-6-14(21)7-5-13/h3-9H,11H2,1-2H3,(H3,23,24,25,26). The van der Waals surface area contributed by atoms with Gasteiger partial charge < -0.3 is 20.5 Å². The van der Waals surface area contributed by atoms with Crippen LogP contribution in [0.5, 0.6) is 11.5 Å². The summed E-state index contributed by atoms with van der Waals surface area (Å²) in [5.41, 5.74) is 7.89. The summed E-state index contributed by atoms with van der Waals surface area (Å²) in [5.74, 6) is 1.16. The van der Waals surface area contributed by atoms with Crippen LogP contribution < -0.4 is 20.5 Å². The van der Waals surface area contributed by atoms with Gasteiger partial charge in [-0.1, -0.05) is 6.07 Å². The van der Waals surface area contributed by atoms with Crippen LogP contribution in [-0.4, -0.2) is 24.2 Å². The molecule has 7 nitrogen and oxygen atoms in total. The second-order valence-corrected chi connectivity index (χ2v) is 5.82. The molecule has 0 saturated carbocycles. The van der Waals surface area contributed by atoms with Crippen LogP contribution in [0.15, 0.2) is 42.5 Å². The van der Waals surface area contributed by atoms with E-state index in [0.717, 1.165) is 5.56 Å². The molecule has 0 saturated heterocycles. The van der Waals surface area contributed by atoms with Crippen molar-refractivity contribution < 1.29 is 13.9 Å². The fourth-order valence-electron chi connectivity index (χ4n) is 2.66. The van der Waals surface area contributed by atoms with Crippen LogP contribution in [-0.2, 0) is 6.54 Å². The van der Waals surface area contributed by atoms with Gasteiger partial charge in [-0.15, -0.1) is 0 Å². The second-order valence-electron chi connectivity index (χ2n) is 5.82. The molecule has 0 aliphatic heterocycles. The molecule has 1 aromatic heterocycles. The van der Waals surface area contributed by atoms with Gasteiger partial charge in [0.15, 0.2) is 11.5 Å². The van der Waals surface area contributed by atoms with E-state index in [0.29, 0.717) is 29.3 Å². The third-order valence-corrected chi connectivity index (χ3v) is 4.07. The van der Waals surface area contributed by atoms with Crippen molar-refractivity contribution in [1.82, 2.24) is 9.97 Å². The minimum atomic E-state index is -0.379. The molecule has 3 rings (SSSR count). The molecule has 0 fully saturated rings. The highest BCUT2D eigenvalue weighted by Crippen LogP contribution is 2.29. The Kier molecular flexibility index (Phi) is 5.56. The lowest BCUT2D eigenvalue weighted by molar-refractivity contribution is 0.354. The van der Waals surface area contributed by atoms with E-state index in [1.807, 2.05) is 18.2 Å². The Labute approximate surface area is 161 Å². The zero-order chi connectivity index (χ0) is 20.1. The van der Waals surface area contributed by atoms with Gasteiger partial charge in [-0.2, -0.15) is 10.2 Å². The third-order valence-electron chi connectivity index (χ3n) is 4.07. The lowest BCUT2D eigenvalue weighted by Crippen LogP contribution is -2.08. The number of ether oxygens (including phenoxy) is 2. The molecule has 0 bridgehead atoms. The van der Waals surface area contributed by atoms with Gasteiger partial charge in [0, 0.05) is 12.1 Å². The van der Waals surface area contributed by atoms with Crippen molar-refractivity contribution in [2.75, 3.05) is 25.3 Å². The van der Waals surface area contributed by atoms with Crippen LogP contribution in [0.1, 0.15) is 11.1 Å². The molecule has 8 heteroatoms. The molecule has 28 heavy (non-hydrogen) atoms. The first kappa shape index (κ1) is 18.9. The maximum absolute atomic E-state index is 13.2. The number of rotatable bonds is 6. The van der Waals surface area contributed by atoms with Crippen molar-refractivity contribution in [3.05, 3.63) is 59.4 Å². The lowest BCUT2D eigenvalue weighted by atomic mass is 10.1. The number of nitrogens with one attached hydrogen (secondary N) is 1. The van der Waals surface area contributed by atoms with Gasteiger partial charge in [0.25, 0.3) is 0 Å². The first-order valence-corrected chi connectivity index (χ1v) is 8.34. The second kappa shape index (κ2) is 8.22. The van der Waals surface area contributed by atoms with Crippen molar-refractivity contribution in [2.24, 2.45) is 0 Å². The minimum absolute atomic E-state index is 0.0478. The number of nitrogen functional groups attached to an aromatic ring is 1. The zero-order valence-electron chi connectivity index (χ0n) is 15.4. The third kappa shape index (κ3) is 3.94. The number of benzene rings is 2. The minimum Gasteiger partial charge on any atom is -0.493 e. The maximum Gasteiger partial charge on any atom is 0.225 e. The Balaban J connectivity index is 1.89. The van der Waals surface area contributed by atoms with Gasteiger partial charge in [0.05, 0.1) is 19.9 Å². The number of hydrogen-bond donors (Lipinski definition) is 2. The van der Waals surface area contributed by atoms with E-state index in [1.165, 1.54) is 24.3 Å². The first-order valence-electron chi connectivity index (χ1n) is 8.34. The molecule has 2 aromatic carbocycles. The Hall–Kier alpha value is -3.86. The number of nitrogens with two attached hydrogens (primary N) is 1. The molecule has 0 unspecified atom stereocenters. The smallest absolute Gasteiger partial charge is 0.225 e. The van der Waals surface area contributed by atoms with E-state index in [1.54, 1.807) is 20.3 Å². The first-order chi connectivity index (χ1) is 13.5. The summed E-state index contributed by atoms with van der Waals surface area (Å²) < 4.78 is 23.7. The molecule has 142 valence electrons. The van der Waals surface area contributed by atoms with E-state index in [2.05, 4.69) is 15.3 Å². The Morgan fingerprint density at radius 2 is 1.79 bits per heavy atom. The molecule has 1 heterocycles. The van der Waals surface area contributed by atoms with Crippen LogP contribution >= 0.6 is 0 Å². The predicted molar refractivity (Wildman–Crippen MR) is 103 cm³/mol. The molecule has 0 atom stereocenters.